The van der Waals surface area contributed by atoms with Gasteiger partial charge in [0.2, 0.25) is 5.91 Å². The highest BCUT2D eigenvalue weighted by molar-refractivity contribution is 9.10. The molecular formula is C13H10BrNO3. The highest BCUT2D eigenvalue weighted by Gasteiger charge is 2.29. The van der Waals surface area contributed by atoms with E-state index in [1.54, 1.807) is 6.07 Å². The van der Waals surface area contributed by atoms with Crippen molar-refractivity contribution in [2.24, 2.45) is 5.92 Å². The van der Waals surface area contributed by atoms with Gasteiger partial charge in [-0.15, -0.1) is 12.3 Å². The van der Waals surface area contributed by atoms with Crippen LogP contribution in [-0.4, -0.2) is 23.5 Å². The molecule has 1 unspecified atom stereocenters. The second-order valence-corrected chi connectivity index (χ2v) is 4.99. The maximum absolute atomic E-state index is 11.8. The van der Waals surface area contributed by atoms with Crippen LogP contribution in [0.25, 0.3) is 0 Å². The van der Waals surface area contributed by atoms with Crippen LogP contribution in [0, 0.1) is 18.3 Å². The van der Waals surface area contributed by atoms with Crippen molar-refractivity contribution in [2.45, 2.75) is 6.42 Å². The number of nitrogens with zero attached hydrogens (tertiary/aromatic N) is 1. The van der Waals surface area contributed by atoms with Gasteiger partial charge in [0.15, 0.2) is 0 Å². The fourth-order valence-corrected chi connectivity index (χ4v) is 2.40. The highest BCUT2D eigenvalue weighted by atomic mass is 79.9. The van der Waals surface area contributed by atoms with Crippen molar-refractivity contribution in [2.75, 3.05) is 11.4 Å². The maximum Gasteiger partial charge on any atom is 0.335 e. The van der Waals surface area contributed by atoms with Gasteiger partial charge in [0.25, 0.3) is 0 Å². The predicted octanol–water partition coefficient (Wildman–Crippen LogP) is 2.13. The number of aromatic carboxylic acids is 1. The van der Waals surface area contributed by atoms with Gasteiger partial charge in [0.05, 0.1) is 5.56 Å². The molecule has 0 aliphatic carbocycles. The third-order valence-corrected chi connectivity index (χ3v) is 3.26. The van der Waals surface area contributed by atoms with Gasteiger partial charge >= 0.3 is 5.97 Å². The van der Waals surface area contributed by atoms with Crippen molar-refractivity contribution in [3.05, 3.63) is 28.2 Å². The quantitative estimate of drug-likeness (QED) is 0.852. The predicted molar refractivity (Wildman–Crippen MR) is 70.4 cm³/mol. The fraction of sp³-hybridized carbons (Fsp3) is 0.231. The molecule has 1 fully saturated rings. The Morgan fingerprint density at radius 2 is 2.22 bits per heavy atom. The number of benzene rings is 1. The third kappa shape index (κ3) is 2.39. The van der Waals surface area contributed by atoms with Crippen molar-refractivity contribution < 1.29 is 14.7 Å². The van der Waals surface area contributed by atoms with E-state index in [1.165, 1.54) is 17.0 Å². The minimum absolute atomic E-state index is 0.0765. The van der Waals surface area contributed by atoms with Crippen LogP contribution in [0.3, 0.4) is 0 Å². The second-order valence-electron chi connectivity index (χ2n) is 4.08. The summed E-state index contributed by atoms with van der Waals surface area (Å²) in [6, 6.07) is 4.68. The van der Waals surface area contributed by atoms with E-state index < -0.39 is 5.97 Å². The Kier molecular flexibility index (Phi) is 3.39. The van der Waals surface area contributed by atoms with Crippen molar-refractivity contribution in [3.8, 4) is 12.3 Å². The van der Waals surface area contributed by atoms with E-state index in [0.29, 0.717) is 23.1 Å². The number of carboxylic acids is 1. The molecule has 0 spiro atoms. The lowest BCUT2D eigenvalue weighted by Gasteiger charge is -2.17. The zero-order valence-electron chi connectivity index (χ0n) is 9.39. The number of carbonyl (C=O) groups is 2. The van der Waals surface area contributed by atoms with Crippen LogP contribution < -0.4 is 4.90 Å². The van der Waals surface area contributed by atoms with Crippen molar-refractivity contribution >= 4 is 33.5 Å². The molecule has 5 heteroatoms. The number of hydrogen-bond donors (Lipinski definition) is 1. The fourth-order valence-electron chi connectivity index (χ4n) is 1.92. The average molecular weight is 308 g/mol. The van der Waals surface area contributed by atoms with Crippen LogP contribution >= 0.6 is 15.9 Å². The molecule has 1 aliphatic heterocycles. The summed E-state index contributed by atoms with van der Waals surface area (Å²) in [6.45, 7) is 0.435. The molecule has 4 nitrogen and oxygen atoms in total. The Morgan fingerprint density at radius 1 is 1.50 bits per heavy atom. The lowest BCUT2D eigenvalue weighted by Crippen LogP contribution is -2.24. The summed E-state index contributed by atoms with van der Waals surface area (Å²) in [5.74, 6) is 1.34. The summed E-state index contributed by atoms with van der Waals surface area (Å²) in [6.07, 6.45) is 5.62. The third-order valence-electron chi connectivity index (χ3n) is 2.80. The highest BCUT2D eigenvalue weighted by Crippen LogP contribution is 2.28. The summed E-state index contributed by atoms with van der Waals surface area (Å²) >= 11 is 3.24. The van der Waals surface area contributed by atoms with Crippen molar-refractivity contribution in [3.63, 3.8) is 0 Å². The standard InChI is InChI=1S/C13H10BrNO3/c1-2-8-3-12(16)15(7-8)11-5-9(13(17)18)4-10(14)6-11/h1,4-6,8H,3,7H2,(H,17,18). The van der Waals surface area contributed by atoms with Crippen LogP contribution in [0.1, 0.15) is 16.8 Å². The van der Waals surface area contributed by atoms with Crippen LogP contribution in [0.4, 0.5) is 5.69 Å². The molecule has 0 radical (unpaired) electrons. The number of carboxylic acid groups (broad SMARTS) is 1. The number of halogens is 1. The number of terminal acetylenes is 1. The van der Waals surface area contributed by atoms with Gasteiger partial charge in [-0.25, -0.2) is 4.79 Å². The Bertz CT molecular complexity index is 562. The summed E-state index contributed by atoms with van der Waals surface area (Å²) in [5.41, 5.74) is 0.695. The number of anilines is 1. The van der Waals surface area contributed by atoms with E-state index in [-0.39, 0.29) is 17.4 Å². The van der Waals surface area contributed by atoms with Gasteiger partial charge in [-0.05, 0) is 18.2 Å². The first-order valence-corrected chi connectivity index (χ1v) is 6.11. The van der Waals surface area contributed by atoms with E-state index in [4.69, 9.17) is 11.5 Å². The summed E-state index contributed by atoms with van der Waals surface area (Å²) in [4.78, 5) is 24.3. The molecule has 0 bridgehead atoms. The summed E-state index contributed by atoms with van der Waals surface area (Å²) < 4.78 is 0.620. The van der Waals surface area contributed by atoms with E-state index in [9.17, 15) is 9.59 Å². The van der Waals surface area contributed by atoms with Crippen LogP contribution in [0.5, 0.6) is 0 Å². The lowest BCUT2D eigenvalue weighted by molar-refractivity contribution is -0.117. The lowest BCUT2D eigenvalue weighted by atomic mass is 10.1. The number of carbonyl (C=O) groups excluding carboxylic acids is 1. The molecule has 2 rings (SSSR count). The SMILES string of the molecule is C#CC1CC(=O)N(c2cc(Br)cc(C(=O)O)c2)C1. The summed E-state index contributed by atoms with van der Waals surface area (Å²) in [7, 11) is 0. The van der Waals surface area contributed by atoms with Crippen molar-refractivity contribution in [1.29, 1.82) is 0 Å². The zero-order chi connectivity index (χ0) is 13.3. The first-order chi connectivity index (χ1) is 8.51. The van der Waals surface area contributed by atoms with Crippen LogP contribution in [0.2, 0.25) is 0 Å². The van der Waals surface area contributed by atoms with Crippen LogP contribution in [-0.2, 0) is 4.79 Å². The summed E-state index contributed by atoms with van der Waals surface area (Å²) in [5, 5.41) is 8.98. The average Bonchev–Trinajstić information content (AvgIpc) is 2.69. The van der Waals surface area contributed by atoms with Gasteiger partial charge < -0.3 is 10.0 Å². The zero-order valence-corrected chi connectivity index (χ0v) is 11.0. The number of hydrogen-bond acceptors (Lipinski definition) is 2. The van der Waals surface area contributed by atoms with Gasteiger partial charge in [-0.2, -0.15) is 0 Å². The van der Waals surface area contributed by atoms with E-state index in [2.05, 4.69) is 21.9 Å². The van der Waals surface area contributed by atoms with E-state index in [1.807, 2.05) is 0 Å². The molecule has 0 saturated carbocycles. The van der Waals surface area contributed by atoms with Gasteiger partial charge in [0.1, 0.15) is 0 Å². The molecule has 1 N–H and O–H groups in total. The first kappa shape index (κ1) is 12.7. The topological polar surface area (TPSA) is 57.6 Å². The molecule has 1 heterocycles. The maximum atomic E-state index is 11.8. The number of amides is 1. The molecule has 0 aromatic heterocycles. The van der Waals surface area contributed by atoms with E-state index in [0.717, 1.165) is 0 Å². The minimum atomic E-state index is -1.03. The Labute approximate surface area is 113 Å². The molecule has 1 amide bonds. The Balaban J connectivity index is 2.37. The molecule has 1 saturated heterocycles. The normalized spacial score (nSPS) is 18.8. The van der Waals surface area contributed by atoms with E-state index >= 15 is 0 Å². The van der Waals surface area contributed by atoms with Gasteiger partial charge in [0, 0.05) is 29.0 Å². The van der Waals surface area contributed by atoms with Gasteiger partial charge in [-0.3, -0.25) is 4.79 Å². The molecule has 1 aromatic rings. The smallest absolute Gasteiger partial charge is 0.335 e. The molecule has 18 heavy (non-hydrogen) atoms. The second kappa shape index (κ2) is 4.83. The monoisotopic (exact) mass is 307 g/mol. The Hall–Kier alpha value is -1.80. The number of rotatable bonds is 2. The molecule has 92 valence electrons. The van der Waals surface area contributed by atoms with Crippen molar-refractivity contribution in [1.82, 2.24) is 0 Å². The van der Waals surface area contributed by atoms with Crippen LogP contribution in [0.15, 0.2) is 22.7 Å². The largest absolute Gasteiger partial charge is 0.478 e. The van der Waals surface area contributed by atoms with Gasteiger partial charge in [-0.1, -0.05) is 15.9 Å². The molecular weight excluding hydrogens is 298 g/mol. The Morgan fingerprint density at radius 3 is 2.78 bits per heavy atom. The minimum Gasteiger partial charge on any atom is -0.478 e. The first-order valence-electron chi connectivity index (χ1n) is 5.31. The molecule has 1 aliphatic rings. The molecule has 1 aromatic carbocycles. The molecule has 1 atom stereocenters.